The summed E-state index contributed by atoms with van der Waals surface area (Å²) in [4.78, 5) is 37.1. The first-order chi connectivity index (χ1) is 65.1. The topological polar surface area (TPSA) is 271 Å². The Hall–Kier alpha value is -12.2. The Bertz CT molecular complexity index is 6650. The molecule has 0 N–H and O–H groups in total. The van der Waals surface area contributed by atoms with Gasteiger partial charge in [0.05, 0.1) is 57.9 Å². The van der Waals surface area contributed by atoms with Crippen molar-refractivity contribution in [1.82, 2.24) is 98.6 Å². The maximum absolute atomic E-state index is 12.9. The van der Waals surface area contributed by atoms with Gasteiger partial charge in [-0.1, -0.05) is 283 Å². The van der Waals surface area contributed by atoms with Crippen molar-refractivity contribution in [2.45, 2.75) is 201 Å². The van der Waals surface area contributed by atoms with Crippen LogP contribution in [0.5, 0.6) is 0 Å². The number of alkyl halides is 6. The van der Waals surface area contributed by atoms with Gasteiger partial charge in [-0.15, -0.1) is 24.3 Å². The molecule has 0 aliphatic carbocycles. The summed E-state index contributed by atoms with van der Waals surface area (Å²) in [5.41, 5.74) is 16.8. The first-order valence-electron chi connectivity index (χ1n) is 44.8. The van der Waals surface area contributed by atoms with Crippen LogP contribution in [-0.2, 0) is 135 Å². The van der Waals surface area contributed by atoms with Crippen LogP contribution in [0.25, 0.3) is 89.6 Å². The van der Waals surface area contributed by atoms with Gasteiger partial charge < -0.3 is 67.8 Å². The van der Waals surface area contributed by atoms with Crippen LogP contribution in [-0.4, -0.2) is 111 Å². The Balaban J connectivity index is 0.000000158. The fraction of sp³-hybridized carbons (Fsp3) is 0.302. The molecule has 0 bridgehead atoms. The van der Waals surface area contributed by atoms with Gasteiger partial charge in [0.15, 0.2) is 0 Å². The minimum atomic E-state index is -4.61. The maximum atomic E-state index is 12.9. The minimum Gasteiger partial charge on any atom is -0.559 e. The van der Waals surface area contributed by atoms with E-state index in [0.717, 1.165) is 134 Å². The zero-order valence-corrected chi connectivity index (χ0v) is 90.3. The standard InChI is InChI=1S/C33H24N4O2.C27H32N6.C25H30N8.C21H14F6N6.4Pt/c1-33(2,29-17-19-36(34-29)25-13-7-11-23-21-9-3-5-15-27(21)38-31(23)25)30-18-20-37(35-30)26-14-8-12-24-22-10-4-6-16-28(22)39-32(24)26;1-25(2,3)19-15-17-32(30-19)23-13-9-11-21(28-23)27(7,8)22-12-10-14-24(29-22)33-18-16-20(31-33)26(4,5)6;1-23(2,3)21-26-15-32(30-21)19-13-9-11-17(28-19)25(7,8)18-12-10-14-20(29-18)33-16-27-22(31-33)24(4,5)6;1-19(2,13-5-3-7-17(28-13)32-11-9-15(30-32)20(22,23)24)14-6-4-8-18(29-14)33-12-10-16(31-33)21(25,26)27;;;;/h3-12,15-20,29-30H,1-2H3;9-16H,1-8H3;9-14H,1-8H3;3-10H,1-2H3;;;;/q-4;3*-2;3*+2;+4. The molecule has 2 atom stereocenters. The molecule has 36 heteroatoms. The Kier molecular flexibility index (Phi) is 31.1. The number of fused-ring (bicyclic) bond motifs is 6. The third-order valence-electron chi connectivity index (χ3n) is 24.0. The van der Waals surface area contributed by atoms with E-state index < -0.39 is 40.0 Å². The Morgan fingerprint density at radius 3 is 0.838 bits per heavy atom. The molecule has 14 aromatic heterocycles. The zero-order valence-electron chi connectivity index (χ0n) is 81.2. The Labute approximate surface area is 877 Å². The number of furan rings is 2. The summed E-state index contributed by atoms with van der Waals surface area (Å²) >= 11 is 0. The molecule has 0 amide bonds. The van der Waals surface area contributed by atoms with Crippen molar-refractivity contribution in [3.8, 4) is 34.9 Å². The van der Waals surface area contributed by atoms with E-state index in [1.165, 1.54) is 12.1 Å². The summed E-state index contributed by atoms with van der Waals surface area (Å²) in [6, 6.07) is 69.1. The normalized spacial score (nSPS) is 14.3. The summed E-state index contributed by atoms with van der Waals surface area (Å²) in [5.74, 6) is 4.48. The van der Waals surface area contributed by atoms with Crippen LogP contribution in [0.2, 0.25) is 0 Å². The summed E-state index contributed by atoms with van der Waals surface area (Å²) in [6.45, 7) is 41.7. The van der Waals surface area contributed by atoms with E-state index in [2.05, 4.69) is 239 Å². The molecule has 2 aliphatic heterocycles. The molecule has 20 rings (SSSR count). The van der Waals surface area contributed by atoms with Crippen LogP contribution >= 0.6 is 0 Å². The molecule has 2 unspecified atom stereocenters. The fourth-order valence-electron chi connectivity index (χ4n) is 15.3. The average Bonchev–Trinajstić information content (AvgIpc) is 1.66. The number of nitrogens with zero attached hydrogens (tertiary/aromatic N) is 24. The summed E-state index contributed by atoms with van der Waals surface area (Å²) in [6.07, 6.45) is 16.1. The zero-order chi connectivity index (χ0) is 98.2. The molecule has 738 valence electrons. The van der Waals surface area contributed by atoms with E-state index >= 15 is 0 Å². The Morgan fingerprint density at radius 1 is 0.303 bits per heavy atom. The van der Waals surface area contributed by atoms with Crippen LogP contribution in [0.1, 0.15) is 207 Å². The van der Waals surface area contributed by atoms with Gasteiger partial charge in [-0.3, -0.25) is 50.3 Å². The van der Waals surface area contributed by atoms with Crippen LogP contribution < -0.4 is 10.0 Å². The second kappa shape index (κ2) is 41.3. The van der Waals surface area contributed by atoms with Gasteiger partial charge in [-0.05, 0) is 136 Å². The Morgan fingerprint density at radius 2 is 0.577 bits per heavy atom. The van der Waals surface area contributed by atoms with Crippen LogP contribution in [0.3, 0.4) is 0 Å². The average molecular weight is 2640 g/mol. The molecule has 0 radical (unpaired) electrons. The maximum Gasteiger partial charge on any atom is 4.00 e. The molecule has 0 fully saturated rings. The fourth-order valence-corrected chi connectivity index (χ4v) is 15.3. The number of para-hydroxylation sites is 2. The molecule has 0 saturated carbocycles. The molecule has 0 saturated heterocycles. The monoisotopic (exact) mass is 2630 g/mol. The van der Waals surface area contributed by atoms with E-state index in [4.69, 9.17) is 49.8 Å². The first kappa shape index (κ1) is 107. The van der Waals surface area contributed by atoms with Gasteiger partial charge in [0.1, 0.15) is 11.2 Å². The van der Waals surface area contributed by atoms with Gasteiger partial charge in [0, 0.05) is 85.0 Å². The van der Waals surface area contributed by atoms with Crippen LogP contribution in [0.4, 0.5) is 37.7 Å². The molecule has 142 heavy (non-hydrogen) atoms. The molecule has 18 aromatic rings. The molecule has 0 spiro atoms. The molecule has 4 aromatic carbocycles. The van der Waals surface area contributed by atoms with Gasteiger partial charge in [0.25, 0.3) is 0 Å². The largest absolute Gasteiger partial charge is 4.00 e. The van der Waals surface area contributed by atoms with Crippen LogP contribution in [0, 0.1) is 55.0 Å². The third kappa shape index (κ3) is 22.6. The van der Waals surface area contributed by atoms with E-state index in [1.54, 1.807) is 56.8 Å². The van der Waals surface area contributed by atoms with E-state index in [1.807, 2.05) is 168 Å². The number of aromatic nitrogens is 20. The van der Waals surface area contributed by atoms with Crippen molar-refractivity contribution in [3.63, 3.8) is 0 Å². The third-order valence-corrected chi connectivity index (χ3v) is 24.0. The quantitative estimate of drug-likeness (QED) is 0.0642. The number of hydrogen-bond donors (Lipinski definition) is 0. The molecule has 16 heterocycles. The predicted molar refractivity (Wildman–Crippen MR) is 514 cm³/mol. The second-order valence-corrected chi connectivity index (χ2v) is 40.0. The van der Waals surface area contributed by atoms with E-state index in [9.17, 15) is 26.3 Å². The minimum absolute atomic E-state index is 0. The first-order valence-corrected chi connectivity index (χ1v) is 44.8. The summed E-state index contributed by atoms with van der Waals surface area (Å²) in [7, 11) is 0. The van der Waals surface area contributed by atoms with Gasteiger partial charge in [0.2, 0.25) is 0 Å². The number of rotatable bonds is 16. The SMILES string of the molecule is CC(C)(C)c1c[c-]n(-c2cccc(C(C)(C)c3cccc(-n4[c-]cc(C(C)(C)C)n4)n3)n2)n1.CC(C)(C)c1n[c-]n(-c2cccc(C(C)(C)c3cccc(-n4[c-]nc(C(C)(C)C)n4)n3)n2)n1.CC(C)(C1C=CN(c2[c-]ccc3c2oc2ccccc23)[N-]1)C1C=CN(c2[c-]ccc3c2oc2ccccc23)[N-]1.CC(C)(c1cccc(-n2[c-]cc(C(F)(F)F)n2)n1)c1cccc(-n2[c-]cc(C(F)(F)F)n2)n1.[Pt+2].[Pt+2].[Pt+2].[Pt+4]. The van der Waals surface area contributed by atoms with Gasteiger partial charge in [-0.2, -0.15) is 62.7 Å². The molecular formula is C106H100F6N24O2Pt4. The van der Waals surface area contributed by atoms with Crippen molar-refractivity contribution >= 4 is 55.3 Å². The van der Waals surface area contributed by atoms with Crippen molar-refractivity contribution in [2.24, 2.45) is 5.41 Å². The molecule has 2 aliphatic rings. The number of benzene rings is 4. The van der Waals surface area contributed by atoms with Crippen LogP contribution in [0.15, 0.2) is 240 Å². The second-order valence-electron chi connectivity index (χ2n) is 40.0. The van der Waals surface area contributed by atoms with Crippen molar-refractivity contribution < 1.29 is 119 Å². The van der Waals surface area contributed by atoms with E-state index in [-0.39, 0.29) is 135 Å². The van der Waals surface area contributed by atoms with Crippen molar-refractivity contribution in [2.75, 3.05) is 10.0 Å². The number of anilines is 2. The van der Waals surface area contributed by atoms with Crippen molar-refractivity contribution in [3.05, 3.63) is 360 Å². The van der Waals surface area contributed by atoms with Crippen molar-refractivity contribution in [1.29, 1.82) is 0 Å². The number of hydrogen-bond acceptors (Lipinski definition) is 18. The van der Waals surface area contributed by atoms with E-state index in [0.29, 0.717) is 23.0 Å². The predicted octanol–water partition coefficient (Wildman–Crippen LogP) is 23.1. The molecule has 26 nitrogen and oxygen atoms in total. The smallest absolute Gasteiger partial charge is 0.559 e. The van der Waals surface area contributed by atoms with Gasteiger partial charge in [-0.25, -0.2) is 10.2 Å². The molecular weight excluding hydrogens is 2540 g/mol. The summed E-state index contributed by atoms with van der Waals surface area (Å²) in [5, 5.41) is 33.6. The van der Waals surface area contributed by atoms with Gasteiger partial charge >= 0.3 is 96.6 Å². The summed E-state index contributed by atoms with van der Waals surface area (Å²) < 4.78 is 98.0. The number of halogens is 6. The number of pyridine rings is 6.